The van der Waals surface area contributed by atoms with Crippen LogP contribution in [0.4, 0.5) is 0 Å². The second-order valence-corrected chi connectivity index (χ2v) is 4.78. The molecule has 4 nitrogen and oxygen atoms in total. The second-order valence-electron chi connectivity index (χ2n) is 4.78. The van der Waals surface area contributed by atoms with E-state index in [1.165, 1.54) is 0 Å². The molecule has 1 atom stereocenters. The number of carbonyl (C=O) groups is 1. The molecular formula is C13H21N3O. The molecule has 0 spiro atoms. The molecule has 0 aliphatic carbocycles. The van der Waals surface area contributed by atoms with Crippen molar-refractivity contribution in [2.75, 3.05) is 13.1 Å². The Balaban J connectivity index is 2.01. The third-order valence-corrected chi connectivity index (χ3v) is 3.39. The highest BCUT2D eigenvalue weighted by molar-refractivity contribution is 5.83. The number of aryl methyl sites for hydroxylation is 2. The van der Waals surface area contributed by atoms with Crippen LogP contribution in [0.15, 0.2) is 6.07 Å². The van der Waals surface area contributed by atoms with E-state index in [1.807, 2.05) is 17.7 Å². The minimum Gasteiger partial charge on any atom is -0.316 e. The Morgan fingerprint density at radius 3 is 3.12 bits per heavy atom. The van der Waals surface area contributed by atoms with E-state index in [2.05, 4.69) is 17.3 Å². The van der Waals surface area contributed by atoms with Gasteiger partial charge in [-0.05, 0) is 39.3 Å². The number of carbonyl (C=O) groups excluding carboxylic acids is 1. The number of piperidine rings is 1. The number of ketones is 1. The number of nitrogens with one attached hydrogen (secondary N) is 1. The van der Waals surface area contributed by atoms with E-state index in [1.54, 1.807) is 0 Å². The van der Waals surface area contributed by atoms with E-state index in [0.29, 0.717) is 12.2 Å². The highest BCUT2D eigenvalue weighted by Gasteiger charge is 2.22. The molecule has 2 rings (SSSR count). The molecule has 1 unspecified atom stereocenters. The predicted molar refractivity (Wildman–Crippen MR) is 66.9 cm³/mol. The zero-order valence-corrected chi connectivity index (χ0v) is 10.7. The molecule has 4 heteroatoms. The van der Waals surface area contributed by atoms with Crippen molar-refractivity contribution in [2.24, 2.45) is 5.92 Å². The van der Waals surface area contributed by atoms with E-state index in [-0.39, 0.29) is 5.92 Å². The van der Waals surface area contributed by atoms with Crippen LogP contribution in [0.5, 0.6) is 0 Å². The first-order valence-electron chi connectivity index (χ1n) is 6.47. The molecule has 0 bridgehead atoms. The summed E-state index contributed by atoms with van der Waals surface area (Å²) >= 11 is 0. The van der Waals surface area contributed by atoms with Crippen LogP contribution < -0.4 is 5.32 Å². The van der Waals surface area contributed by atoms with Crippen molar-refractivity contribution >= 4 is 5.78 Å². The van der Waals surface area contributed by atoms with Gasteiger partial charge in [-0.1, -0.05) is 0 Å². The highest BCUT2D eigenvalue weighted by Crippen LogP contribution is 2.15. The maximum absolute atomic E-state index is 12.2. The summed E-state index contributed by atoms with van der Waals surface area (Å²) in [6.45, 7) is 6.76. The fourth-order valence-electron chi connectivity index (χ4n) is 2.46. The standard InChI is InChI=1S/C13H21N3O/c1-3-16-12(7-10(2)15-16)8-13(17)11-5-4-6-14-9-11/h7,11,14H,3-6,8-9H2,1-2H3. The molecule has 1 aliphatic heterocycles. The summed E-state index contributed by atoms with van der Waals surface area (Å²) in [7, 11) is 0. The molecule has 0 aromatic carbocycles. The average Bonchev–Trinajstić information content (AvgIpc) is 2.70. The van der Waals surface area contributed by atoms with Crippen molar-refractivity contribution in [1.29, 1.82) is 0 Å². The van der Waals surface area contributed by atoms with Crippen LogP contribution >= 0.6 is 0 Å². The number of hydrogen-bond donors (Lipinski definition) is 1. The van der Waals surface area contributed by atoms with Gasteiger partial charge in [0, 0.05) is 31.1 Å². The second kappa shape index (κ2) is 5.45. The Morgan fingerprint density at radius 1 is 1.65 bits per heavy atom. The Labute approximate surface area is 102 Å². The summed E-state index contributed by atoms with van der Waals surface area (Å²) < 4.78 is 1.93. The largest absolute Gasteiger partial charge is 0.316 e. The van der Waals surface area contributed by atoms with Gasteiger partial charge in [-0.3, -0.25) is 9.48 Å². The van der Waals surface area contributed by atoms with Crippen LogP contribution in [0.25, 0.3) is 0 Å². The first-order chi connectivity index (χ1) is 8.20. The van der Waals surface area contributed by atoms with Gasteiger partial charge in [0.05, 0.1) is 5.69 Å². The highest BCUT2D eigenvalue weighted by atomic mass is 16.1. The Hall–Kier alpha value is -1.16. The summed E-state index contributed by atoms with van der Waals surface area (Å²) in [5.74, 6) is 0.552. The van der Waals surface area contributed by atoms with Crippen LogP contribution in [0.3, 0.4) is 0 Å². The molecule has 1 aromatic rings. The van der Waals surface area contributed by atoms with E-state index >= 15 is 0 Å². The van der Waals surface area contributed by atoms with E-state index in [4.69, 9.17) is 0 Å². The van der Waals surface area contributed by atoms with Gasteiger partial charge < -0.3 is 5.32 Å². The molecule has 1 saturated heterocycles. The maximum atomic E-state index is 12.2. The number of aromatic nitrogens is 2. The summed E-state index contributed by atoms with van der Waals surface area (Å²) in [6.07, 6.45) is 2.68. The molecule has 17 heavy (non-hydrogen) atoms. The third-order valence-electron chi connectivity index (χ3n) is 3.39. The Morgan fingerprint density at radius 2 is 2.47 bits per heavy atom. The summed E-state index contributed by atoms with van der Waals surface area (Å²) in [6, 6.07) is 2.03. The first-order valence-corrected chi connectivity index (χ1v) is 6.47. The molecule has 0 saturated carbocycles. The van der Waals surface area contributed by atoms with Gasteiger partial charge in [0.2, 0.25) is 0 Å². The molecule has 1 fully saturated rings. The molecule has 94 valence electrons. The number of hydrogen-bond acceptors (Lipinski definition) is 3. The molecule has 0 amide bonds. The quantitative estimate of drug-likeness (QED) is 0.856. The monoisotopic (exact) mass is 235 g/mol. The lowest BCUT2D eigenvalue weighted by atomic mass is 9.92. The van der Waals surface area contributed by atoms with Crippen LogP contribution in [0, 0.1) is 12.8 Å². The van der Waals surface area contributed by atoms with Crippen molar-refractivity contribution in [2.45, 2.75) is 39.7 Å². The van der Waals surface area contributed by atoms with Crippen LogP contribution in [-0.2, 0) is 17.8 Å². The molecule has 1 aliphatic rings. The smallest absolute Gasteiger partial charge is 0.143 e. The topological polar surface area (TPSA) is 46.9 Å². The van der Waals surface area contributed by atoms with Gasteiger partial charge in [0.25, 0.3) is 0 Å². The van der Waals surface area contributed by atoms with Crippen molar-refractivity contribution in [3.8, 4) is 0 Å². The third kappa shape index (κ3) is 2.94. The van der Waals surface area contributed by atoms with Crippen molar-refractivity contribution in [3.63, 3.8) is 0 Å². The minimum atomic E-state index is 0.198. The van der Waals surface area contributed by atoms with E-state index in [9.17, 15) is 4.79 Å². The van der Waals surface area contributed by atoms with Crippen LogP contribution in [0.1, 0.15) is 31.2 Å². The predicted octanol–water partition coefficient (Wildman–Crippen LogP) is 1.32. The lowest BCUT2D eigenvalue weighted by Gasteiger charge is -2.21. The van der Waals surface area contributed by atoms with E-state index < -0.39 is 0 Å². The van der Waals surface area contributed by atoms with Gasteiger partial charge in [-0.25, -0.2) is 0 Å². The van der Waals surface area contributed by atoms with Gasteiger partial charge in [0.15, 0.2) is 0 Å². The van der Waals surface area contributed by atoms with Gasteiger partial charge in [-0.2, -0.15) is 5.10 Å². The summed E-state index contributed by atoms with van der Waals surface area (Å²) in [5, 5.41) is 7.67. The van der Waals surface area contributed by atoms with Crippen LogP contribution in [-0.4, -0.2) is 28.7 Å². The number of rotatable bonds is 4. The summed E-state index contributed by atoms with van der Waals surface area (Å²) in [5.41, 5.74) is 2.05. The lowest BCUT2D eigenvalue weighted by Crippen LogP contribution is -2.35. The van der Waals surface area contributed by atoms with Crippen LogP contribution in [0.2, 0.25) is 0 Å². The lowest BCUT2D eigenvalue weighted by molar-refractivity contribution is -0.122. The number of Topliss-reactive ketones (excluding diaryl/α,β-unsaturated/α-hetero) is 1. The van der Waals surface area contributed by atoms with E-state index in [0.717, 1.165) is 43.9 Å². The SMILES string of the molecule is CCn1nc(C)cc1CC(=O)C1CCCNC1. The molecule has 0 radical (unpaired) electrons. The minimum absolute atomic E-state index is 0.198. The fraction of sp³-hybridized carbons (Fsp3) is 0.692. The summed E-state index contributed by atoms with van der Waals surface area (Å²) in [4.78, 5) is 12.2. The molecule has 1 aromatic heterocycles. The molecule has 1 N–H and O–H groups in total. The van der Waals surface area contributed by atoms with Crippen molar-refractivity contribution < 1.29 is 4.79 Å². The van der Waals surface area contributed by atoms with Crippen molar-refractivity contribution in [3.05, 3.63) is 17.5 Å². The van der Waals surface area contributed by atoms with Gasteiger partial charge in [0.1, 0.15) is 5.78 Å². The molecular weight excluding hydrogens is 214 g/mol. The normalized spacial score (nSPS) is 20.5. The zero-order valence-electron chi connectivity index (χ0n) is 10.7. The van der Waals surface area contributed by atoms with Gasteiger partial charge >= 0.3 is 0 Å². The van der Waals surface area contributed by atoms with Gasteiger partial charge in [-0.15, -0.1) is 0 Å². The fourth-order valence-corrected chi connectivity index (χ4v) is 2.46. The Bertz CT molecular complexity index is 391. The average molecular weight is 235 g/mol. The van der Waals surface area contributed by atoms with Crippen molar-refractivity contribution in [1.82, 2.24) is 15.1 Å². The maximum Gasteiger partial charge on any atom is 0.143 e. The zero-order chi connectivity index (χ0) is 12.3. The Kier molecular flexibility index (Phi) is 3.94. The number of nitrogens with zero attached hydrogens (tertiary/aromatic N) is 2. The first kappa shape index (κ1) is 12.3. The molecule has 2 heterocycles.